The Morgan fingerprint density at radius 3 is 2.55 bits per heavy atom. The second-order valence-electron chi connectivity index (χ2n) is 5.36. The zero-order chi connectivity index (χ0) is 15.9. The van der Waals surface area contributed by atoms with Gasteiger partial charge in [0.05, 0.1) is 13.2 Å². The highest BCUT2D eigenvalue weighted by Gasteiger charge is 2.14. The summed E-state index contributed by atoms with van der Waals surface area (Å²) in [5.41, 5.74) is 1.90. The molecule has 2 aromatic rings. The molecule has 0 saturated heterocycles. The lowest BCUT2D eigenvalue weighted by Gasteiger charge is -2.19. The van der Waals surface area contributed by atoms with Crippen LogP contribution < -0.4 is 10.1 Å². The molecule has 0 spiro atoms. The van der Waals surface area contributed by atoms with Crippen molar-refractivity contribution in [2.45, 2.75) is 25.5 Å². The van der Waals surface area contributed by atoms with Gasteiger partial charge in [-0.1, -0.05) is 48.0 Å². The van der Waals surface area contributed by atoms with Gasteiger partial charge in [0.15, 0.2) is 0 Å². The van der Waals surface area contributed by atoms with Crippen LogP contribution in [0.2, 0.25) is 5.02 Å². The van der Waals surface area contributed by atoms with Crippen molar-refractivity contribution in [3.63, 3.8) is 0 Å². The minimum Gasteiger partial charge on any atom is -0.496 e. The average Bonchev–Trinajstić information content (AvgIpc) is 2.54. The average molecular weight is 320 g/mol. The van der Waals surface area contributed by atoms with Crippen LogP contribution in [-0.2, 0) is 6.42 Å². The zero-order valence-electron chi connectivity index (χ0n) is 12.9. The van der Waals surface area contributed by atoms with Crippen LogP contribution in [0.25, 0.3) is 0 Å². The molecule has 4 heteroatoms. The van der Waals surface area contributed by atoms with Gasteiger partial charge in [0.2, 0.25) is 0 Å². The highest BCUT2D eigenvalue weighted by atomic mass is 35.5. The molecule has 2 N–H and O–H groups in total. The zero-order valence-corrected chi connectivity index (χ0v) is 13.7. The van der Waals surface area contributed by atoms with E-state index in [1.807, 2.05) is 48.5 Å². The first-order valence-electron chi connectivity index (χ1n) is 7.39. The van der Waals surface area contributed by atoms with Gasteiger partial charge in [-0.3, -0.25) is 0 Å². The maximum atomic E-state index is 10.3. The summed E-state index contributed by atoms with van der Waals surface area (Å²) in [6.45, 7) is 2.55. The maximum Gasteiger partial charge on any atom is 0.124 e. The van der Waals surface area contributed by atoms with Crippen LogP contribution >= 0.6 is 11.6 Å². The number of halogens is 1. The molecule has 0 bridgehead atoms. The largest absolute Gasteiger partial charge is 0.496 e. The summed E-state index contributed by atoms with van der Waals surface area (Å²) in [6.07, 6.45) is 0.211. The molecule has 0 saturated carbocycles. The lowest BCUT2D eigenvalue weighted by atomic mass is 10.1. The van der Waals surface area contributed by atoms with Gasteiger partial charge in [-0.05, 0) is 31.0 Å². The lowest BCUT2D eigenvalue weighted by molar-refractivity contribution is 0.166. The summed E-state index contributed by atoms with van der Waals surface area (Å²) in [5.74, 6) is 0.704. The number of rotatable bonds is 7. The second-order valence-corrected chi connectivity index (χ2v) is 5.77. The van der Waals surface area contributed by atoms with E-state index >= 15 is 0 Å². The normalized spacial score (nSPS) is 13.6. The SMILES string of the molecule is COc1ccccc1C(O)CNC(C)Cc1ccccc1Cl. The first-order valence-corrected chi connectivity index (χ1v) is 7.77. The topological polar surface area (TPSA) is 41.5 Å². The van der Waals surface area contributed by atoms with Gasteiger partial charge in [0.25, 0.3) is 0 Å². The second kappa shape index (κ2) is 8.18. The van der Waals surface area contributed by atoms with Crippen molar-refractivity contribution >= 4 is 11.6 Å². The van der Waals surface area contributed by atoms with E-state index in [1.165, 1.54) is 0 Å². The molecule has 0 aliphatic heterocycles. The maximum absolute atomic E-state index is 10.3. The van der Waals surface area contributed by atoms with E-state index in [1.54, 1.807) is 7.11 Å². The highest BCUT2D eigenvalue weighted by molar-refractivity contribution is 6.31. The molecule has 2 atom stereocenters. The van der Waals surface area contributed by atoms with Crippen LogP contribution in [0.4, 0.5) is 0 Å². The summed E-state index contributed by atoms with van der Waals surface area (Å²) in [4.78, 5) is 0. The predicted octanol–water partition coefficient (Wildman–Crippen LogP) is 3.60. The molecule has 0 aliphatic carbocycles. The Morgan fingerprint density at radius 1 is 1.14 bits per heavy atom. The fourth-order valence-electron chi connectivity index (χ4n) is 2.43. The van der Waals surface area contributed by atoms with Crippen LogP contribution in [0.15, 0.2) is 48.5 Å². The Morgan fingerprint density at radius 2 is 1.82 bits per heavy atom. The number of aliphatic hydroxyl groups excluding tert-OH is 1. The van der Waals surface area contributed by atoms with Crippen LogP contribution in [0.3, 0.4) is 0 Å². The first kappa shape index (κ1) is 16.8. The number of para-hydroxylation sites is 1. The molecular weight excluding hydrogens is 298 g/mol. The monoisotopic (exact) mass is 319 g/mol. The van der Waals surface area contributed by atoms with E-state index in [4.69, 9.17) is 16.3 Å². The van der Waals surface area contributed by atoms with Crippen LogP contribution in [0.5, 0.6) is 5.75 Å². The van der Waals surface area contributed by atoms with E-state index in [9.17, 15) is 5.11 Å². The number of hydrogen-bond acceptors (Lipinski definition) is 3. The van der Waals surface area contributed by atoms with Crippen LogP contribution in [-0.4, -0.2) is 24.8 Å². The van der Waals surface area contributed by atoms with E-state index in [2.05, 4.69) is 12.2 Å². The molecule has 0 amide bonds. The van der Waals surface area contributed by atoms with Gasteiger partial charge in [0.1, 0.15) is 5.75 Å². The Kier molecular flexibility index (Phi) is 6.25. The van der Waals surface area contributed by atoms with Gasteiger partial charge >= 0.3 is 0 Å². The minimum absolute atomic E-state index is 0.212. The highest BCUT2D eigenvalue weighted by Crippen LogP contribution is 2.24. The molecule has 2 aromatic carbocycles. The van der Waals surface area contributed by atoms with Crippen molar-refractivity contribution < 1.29 is 9.84 Å². The van der Waals surface area contributed by atoms with Gasteiger partial charge in [-0.15, -0.1) is 0 Å². The third-order valence-corrected chi connectivity index (χ3v) is 4.01. The molecule has 3 nitrogen and oxygen atoms in total. The van der Waals surface area contributed by atoms with Gasteiger partial charge < -0.3 is 15.2 Å². The van der Waals surface area contributed by atoms with E-state index in [-0.39, 0.29) is 6.04 Å². The standard InChI is InChI=1S/C18H22ClNO2/c1-13(11-14-7-3-5-9-16(14)19)20-12-17(21)15-8-4-6-10-18(15)22-2/h3-10,13,17,20-21H,11-12H2,1-2H3. The van der Waals surface area contributed by atoms with E-state index in [0.717, 1.165) is 22.6 Å². The van der Waals surface area contributed by atoms with Crippen molar-refractivity contribution in [1.29, 1.82) is 0 Å². The number of ether oxygens (including phenoxy) is 1. The molecule has 0 aliphatic rings. The van der Waals surface area contributed by atoms with Gasteiger partial charge in [0, 0.05) is 23.2 Å². The number of benzene rings is 2. The van der Waals surface area contributed by atoms with Gasteiger partial charge in [-0.2, -0.15) is 0 Å². The van der Waals surface area contributed by atoms with Crippen LogP contribution in [0, 0.1) is 0 Å². The Labute approximate surface area is 136 Å². The Hall–Kier alpha value is -1.55. The fourth-order valence-corrected chi connectivity index (χ4v) is 2.64. The number of methoxy groups -OCH3 is 1. The third kappa shape index (κ3) is 4.47. The number of aliphatic hydroxyl groups is 1. The molecule has 0 fully saturated rings. The minimum atomic E-state index is -0.607. The number of nitrogens with one attached hydrogen (secondary N) is 1. The lowest BCUT2D eigenvalue weighted by Crippen LogP contribution is -2.32. The summed E-state index contributed by atoms with van der Waals surface area (Å²) in [6, 6.07) is 15.6. The smallest absolute Gasteiger partial charge is 0.124 e. The van der Waals surface area contributed by atoms with Crippen molar-refractivity contribution in [3.05, 3.63) is 64.7 Å². The van der Waals surface area contributed by atoms with Gasteiger partial charge in [-0.25, -0.2) is 0 Å². The van der Waals surface area contributed by atoms with Crippen molar-refractivity contribution in [3.8, 4) is 5.75 Å². The predicted molar refractivity (Wildman–Crippen MR) is 90.6 cm³/mol. The Bertz CT molecular complexity index is 603. The van der Waals surface area contributed by atoms with Crippen LogP contribution in [0.1, 0.15) is 24.2 Å². The van der Waals surface area contributed by atoms with Crippen molar-refractivity contribution in [1.82, 2.24) is 5.32 Å². The third-order valence-electron chi connectivity index (χ3n) is 3.64. The summed E-state index contributed by atoms with van der Waals surface area (Å²) >= 11 is 6.17. The quantitative estimate of drug-likeness (QED) is 0.819. The van der Waals surface area contributed by atoms with Crippen molar-refractivity contribution in [2.24, 2.45) is 0 Å². The molecule has 0 radical (unpaired) electrons. The molecule has 2 unspecified atom stereocenters. The van der Waals surface area contributed by atoms with E-state index < -0.39 is 6.10 Å². The molecule has 0 heterocycles. The molecule has 22 heavy (non-hydrogen) atoms. The summed E-state index contributed by atoms with van der Waals surface area (Å²) < 4.78 is 5.28. The number of hydrogen-bond donors (Lipinski definition) is 2. The Balaban J connectivity index is 1.90. The van der Waals surface area contributed by atoms with E-state index in [0.29, 0.717) is 12.3 Å². The fraction of sp³-hybridized carbons (Fsp3) is 0.333. The summed E-state index contributed by atoms with van der Waals surface area (Å²) in [5, 5.41) is 14.5. The molecule has 0 aromatic heterocycles. The molecule has 118 valence electrons. The summed E-state index contributed by atoms with van der Waals surface area (Å²) in [7, 11) is 1.61. The molecule has 2 rings (SSSR count). The molecular formula is C18H22ClNO2. The van der Waals surface area contributed by atoms with Crippen molar-refractivity contribution in [2.75, 3.05) is 13.7 Å². The first-order chi connectivity index (χ1) is 10.6.